The summed E-state index contributed by atoms with van der Waals surface area (Å²) < 4.78 is 80.4. The van der Waals surface area contributed by atoms with Gasteiger partial charge in [0.2, 0.25) is 0 Å². The van der Waals surface area contributed by atoms with Crippen molar-refractivity contribution in [1.82, 2.24) is 4.57 Å². The van der Waals surface area contributed by atoms with Crippen LogP contribution in [0.2, 0.25) is 0 Å². The average Bonchev–Trinajstić information content (AvgIpc) is 2.81. The number of fused-ring (bicyclic) bond motifs is 1. The van der Waals surface area contributed by atoms with Gasteiger partial charge < -0.3 is 9.88 Å². The topological polar surface area (TPSA) is 34.0 Å². The SMILES string of the molecule is Cn1c(=O)c(Cc2cccc(C(F)(F)F)c2)c(NCc2cccc(C(F)(F)F)c2)c2ccccc21. The summed E-state index contributed by atoms with van der Waals surface area (Å²) in [5.74, 6) is 0. The number of rotatable bonds is 5. The van der Waals surface area contributed by atoms with Crippen LogP contribution in [0.25, 0.3) is 10.9 Å². The molecule has 35 heavy (non-hydrogen) atoms. The van der Waals surface area contributed by atoms with Crippen molar-refractivity contribution in [2.75, 3.05) is 5.32 Å². The molecule has 1 aromatic heterocycles. The molecule has 1 N–H and O–H groups in total. The van der Waals surface area contributed by atoms with Crippen molar-refractivity contribution in [3.05, 3.63) is 111 Å². The molecule has 0 aliphatic rings. The van der Waals surface area contributed by atoms with Crippen LogP contribution in [0.4, 0.5) is 32.0 Å². The molecule has 182 valence electrons. The first kappa shape index (κ1) is 24.4. The van der Waals surface area contributed by atoms with Gasteiger partial charge in [-0.25, -0.2) is 0 Å². The van der Waals surface area contributed by atoms with Gasteiger partial charge in [0.25, 0.3) is 5.56 Å². The molecular weight excluding hydrogens is 470 g/mol. The summed E-state index contributed by atoms with van der Waals surface area (Å²) in [6.45, 7) is -0.0172. The van der Waals surface area contributed by atoms with E-state index in [0.29, 0.717) is 22.2 Å². The summed E-state index contributed by atoms with van der Waals surface area (Å²) in [6, 6.07) is 16.5. The lowest BCUT2D eigenvalue weighted by molar-refractivity contribution is -0.138. The van der Waals surface area contributed by atoms with E-state index in [2.05, 4.69) is 5.32 Å². The van der Waals surface area contributed by atoms with Crippen LogP contribution in [-0.4, -0.2) is 4.57 Å². The third-order valence-corrected chi connectivity index (χ3v) is 5.76. The van der Waals surface area contributed by atoms with Crippen LogP contribution < -0.4 is 10.9 Å². The first-order valence-corrected chi connectivity index (χ1v) is 10.6. The lowest BCUT2D eigenvalue weighted by Crippen LogP contribution is -2.24. The van der Waals surface area contributed by atoms with Crippen molar-refractivity contribution in [1.29, 1.82) is 0 Å². The van der Waals surface area contributed by atoms with Crippen molar-refractivity contribution >= 4 is 16.6 Å². The van der Waals surface area contributed by atoms with E-state index in [0.717, 1.165) is 24.3 Å². The molecule has 4 aromatic rings. The Kier molecular flexibility index (Phi) is 6.36. The third kappa shape index (κ3) is 5.18. The Morgan fingerprint density at radius 3 is 1.97 bits per heavy atom. The minimum absolute atomic E-state index is 0.0172. The van der Waals surface area contributed by atoms with E-state index in [1.54, 1.807) is 31.3 Å². The molecule has 0 fully saturated rings. The van der Waals surface area contributed by atoms with Crippen LogP contribution in [0, 0.1) is 0 Å². The molecule has 0 radical (unpaired) electrons. The molecule has 3 nitrogen and oxygen atoms in total. The fraction of sp³-hybridized carbons (Fsp3) is 0.192. The standard InChI is InChI=1S/C26H20F6N2O/c1-34-22-11-3-2-10-20(22)23(33-15-17-7-5-9-19(13-17)26(30,31)32)21(24(34)35)14-16-6-4-8-18(12-16)25(27,28)29/h2-13,33H,14-15H2,1H3. The number of alkyl halides is 6. The number of halogens is 6. The van der Waals surface area contributed by atoms with Crippen LogP contribution in [-0.2, 0) is 32.4 Å². The highest BCUT2D eigenvalue weighted by Gasteiger charge is 2.31. The van der Waals surface area contributed by atoms with E-state index < -0.39 is 29.0 Å². The molecule has 9 heteroatoms. The predicted molar refractivity (Wildman–Crippen MR) is 122 cm³/mol. The van der Waals surface area contributed by atoms with Crippen LogP contribution in [0.3, 0.4) is 0 Å². The van der Waals surface area contributed by atoms with Crippen molar-refractivity contribution in [3.8, 4) is 0 Å². The minimum atomic E-state index is -4.53. The second-order valence-corrected chi connectivity index (χ2v) is 8.16. The number of hydrogen-bond donors (Lipinski definition) is 1. The number of pyridine rings is 1. The maximum Gasteiger partial charge on any atom is 0.416 e. The lowest BCUT2D eigenvalue weighted by atomic mass is 9.99. The zero-order valence-electron chi connectivity index (χ0n) is 18.5. The van der Waals surface area contributed by atoms with Gasteiger partial charge in [-0.3, -0.25) is 4.79 Å². The fourth-order valence-electron chi connectivity index (χ4n) is 4.03. The maximum atomic E-state index is 13.2. The normalized spacial score (nSPS) is 12.2. The molecule has 4 rings (SSSR count). The van der Waals surface area contributed by atoms with Gasteiger partial charge in [0, 0.05) is 31.0 Å². The summed E-state index contributed by atoms with van der Waals surface area (Å²) in [7, 11) is 1.57. The van der Waals surface area contributed by atoms with Crippen LogP contribution in [0.15, 0.2) is 77.6 Å². The van der Waals surface area contributed by atoms with Crippen molar-refractivity contribution < 1.29 is 26.3 Å². The second kappa shape index (κ2) is 9.13. The molecule has 0 spiro atoms. The summed E-state index contributed by atoms with van der Waals surface area (Å²) >= 11 is 0. The highest BCUT2D eigenvalue weighted by Crippen LogP contribution is 2.32. The van der Waals surface area contributed by atoms with Crippen molar-refractivity contribution in [2.45, 2.75) is 25.3 Å². The smallest absolute Gasteiger partial charge is 0.380 e. The Morgan fingerprint density at radius 1 is 0.771 bits per heavy atom. The van der Waals surface area contributed by atoms with Crippen LogP contribution >= 0.6 is 0 Å². The Labute approximate surface area is 196 Å². The van der Waals surface area contributed by atoms with E-state index >= 15 is 0 Å². The average molecular weight is 490 g/mol. The number of aromatic nitrogens is 1. The molecule has 0 aliphatic carbocycles. The van der Waals surface area contributed by atoms with Crippen molar-refractivity contribution in [2.24, 2.45) is 7.05 Å². The van der Waals surface area contributed by atoms with E-state index in [9.17, 15) is 31.1 Å². The summed E-state index contributed by atoms with van der Waals surface area (Å²) in [5, 5.41) is 3.71. The molecule has 1 heterocycles. The molecule has 0 bridgehead atoms. The Balaban J connectivity index is 1.79. The number of hydrogen-bond acceptors (Lipinski definition) is 2. The molecule has 0 atom stereocenters. The largest absolute Gasteiger partial charge is 0.416 e. The first-order valence-electron chi connectivity index (χ1n) is 10.6. The highest BCUT2D eigenvalue weighted by atomic mass is 19.4. The molecule has 0 saturated heterocycles. The fourth-order valence-corrected chi connectivity index (χ4v) is 4.03. The third-order valence-electron chi connectivity index (χ3n) is 5.76. The van der Waals surface area contributed by atoms with Gasteiger partial charge in [-0.1, -0.05) is 48.5 Å². The number of nitrogens with zero attached hydrogens (tertiary/aromatic N) is 1. The van der Waals surface area contributed by atoms with Crippen LogP contribution in [0.5, 0.6) is 0 Å². The Morgan fingerprint density at radius 2 is 1.34 bits per heavy atom. The summed E-state index contributed by atoms with van der Waals surface area (Å²) in [5.41, 5.74) is -0.231. The van der Waals surface area contributed by atoms with Crippen molar-refractivity contribution in [3.63, 3.8) is 0 Å². The summed E-state index contributed by atoms with van der Waals surface area (Å²) in [6.07, 6.45) is -9.12. The highest BCUT2D eigenvalue weighted by molar-refractivity contribution is 5.93. The summed E-state index contributed by atoms with van der Waals surface area (Å²) in [4.78, 5) is 13.2. The quantitative estimate of drug-likeness (QED) is 0.313. The van der Waals surface area contributed by atoms with Gasteiger partial charge in [0.1, 0.15) is 0 Å². The monoisotopic (exact) mass is 490 g/mol. The zero-order valence-corrected chi connectivity index (χ0v) is 18.5. The van der Waals surface area contributed by atoms with Gasteiger partial charge in [0.15, 0.2) is 0 Å². The minimum Gasteiger partial charge on any atom is -0.380 e. The van der Waals surface area contributed by atoms with Gasteiger partial charge in [-0.05, 0) is 35.4 Å². The van der Waals surface area contributed by atoms with E-state index in [1.807, 2.05) is 0 Å². The van der Waals surface area contributed by atoms with Crippen LogP contribution in [0.1, 0.15) is 27.8 Å². The molecule has 0 aliphatic heterocycles. The van der Waals surface area contributed by atoms with Gasteiger partial charge in [0.05, 0.1) is 22.3 Å². The number of nitrogens with one attached hydrogen (secondary N) is 1. The zero-order chi connectivity index (χ0) is 25.4. The van der Waals surface area contributed by atoms with Gasteiger partial charge in [-0.15, -0.1) is 0 Å². The van der Waals surface area contributed by atoms with Gasteiger partial charge >= 0.3 is 12.4 Å². The number of aryl methyl sites for hydroxylation is 1. The maximum absolute atomic E-state index is 13.2. The second-order valence-electron chi connectivity index (χ2n) is 8.16. The molecule has 0 saturated carbocycles. The first-order chi connectivity index (χ1) is 16.4. The molecule has 0 unspecified atom stereocenters. The lowest BCUT2D eigenvalue weighted by Gasteiger charge is -2.18. The molecule has 3 aromatic carbocycles. The van der Waals surface area contributed by atoms with E-state index in [-0.39, 0.29) is 24.1 Å². The number of para-hydroxylation sites is 1. The Hall–Kier alpha value is -3.75. The number of anilines is 1. The van der Waals surface area contributed by atoms with E-state index in [4.69, 9.17) is 0 Å². The number of benzene rings is 3. The van der Waals surface area contributed by atoms with Gasteiger partial charge in [-0.2, -0.15) is 26.3 Å². The Bertz CT molecular complexity index is 1440. The molecular formula is C26H20F6N2O. The molecule has 0 amide bonds. The predicted octanol–water partition coefficient (Wildman–Crippen LogP) is 6.78. The van der Waals surface area contributed by atoms with E-state index in [1.165, 1.54) is 28.8 Å².